The first-order valence-electron chi connectivity index (χ1n) is 22.2. The molecule has 13 rings (SSSR count). The molecule has 1 aliphatic rings. The SMILES string of the molecule is N=C1C(c2ccc(-n3c4ccccc4c4ccccc43)cc2)=CC=C(N(c2ccc(-c3ccc4c(c3)oc3ccccc34)cc2)c2ccc(-c3ccc4c(c3)oc3ccccc34)cc2)C1=NS. The second kappa shape index (κ2) is 15.5. The van der Waals surface area contributed by atoms with Crippen molar-refractivity contribution in [2.45, 2.75) is 0 Å². The normalized spacial score (nSPS) is 13.7. The van der Waals surface area contributed by atoms with Gasteiger partial charge in [0, 0.05) is 55.0 Å². The highest BCUT2D eigenvalue weighted by Gasteiger charge is 2.28. The summed E-state index contributed by atoms with van der Waals surface area (Å²) in [6, 6.07) is 71.6. The largest absolute Gasteiger partial charge is 0.456 e. The van der Waals surface area contributed by atoms with Gasteiger partial charge in [0.1, 0.15) is 28.0 Å². The summed E-state index contributed by atoms with van der Waals surface area (Å²) in [6.07, 6.45) is 4.08. The van der Waals surface area contributed by atoms with Gasteiger partial charge in [-0.15, -0.1) is 0 Å². The number of hydrogen-bond acceptors (Lipinski definition) is 6. The van der Waals surface area contributed by atoms with E-state index in [4.69, 9.17) is 8.83 Å². The standard InChI is InChI=1S/C60H38N4O2S/c61-59-45(39-21-29-44(30-22-39)64-52-13-5-1-9-46(52)47-10-2-6-14-53(47)64)33-34-54(60(59)62-67)63(42-25-17-37(18-26-42)40-23-31-50-48-11-3-7-15-55(48)65-57(50)35-40)43-27-19-38(20-28-43)41-24-32-51-49-12-4-8-16-56(49)66-58(51)36-41/h1-36,61,67H. The summed E-state index contributed by atoms with van der Waals surface area (Å²) in [5.74, 6) is 0. The Morgan fingerprint density at radius 1 is 0.418 bits per heavy atom. The number of allylic oxidation sites excluding steroid dienone is 4. The molecule has 0 fully saturated rings. The maximum atomic E-state index is 9.66. The number of nitrogens with one attached hydrogen (secondary N) is 1. The molecule has 0 aliphatic heterocycles. The quantitative estimate of drug-likeness (QED) is 0.124. The van der Waals surface area contributed by atoms with Crippen molar-refractivity contribution in [3.05, 3.63) is 230 Å². The van der Waals surface area contributed by atoms with E-state index in [0.29, 0.717) is 5.71 Å². The first-order valence-corrected chi connectivity index (χ1v) is 22.6. The van der Waals surface area contributed by atoms with Gasteiger partial charge in [0.05, 0.1) is 22.4 Å². The monoisotopic (exact) mass is 878 g/mol. The molecule has 1 N–H and O–H groups in total. The van der Waals surface area contributed by atoms with Gasteiger partial charge in [0.2, 0.25) is 0 Å². The number of hydrogen-bond donors (Lipinski definition) is 2. The lowest BCUT2D eigenvalue weighted by Gasteiger charge is -2.31. The molecule has 0 saturated heterocycles. The van der Waals surface area contributed by atoms with Gasteiger partial charge in [-0.25, -0.2) is 4.40 Å². The fourth-order valence-electron chi connectivity index (χ4n) is 9.94. The Morgan fingerprint density at radius 3 is 1.36 bits per heavy atom. The Bertz CT molecular complexity index is 3850. The molecular weight excluding hydrogens is 841 g/mol. The van der Waals surface area contributed by atoms with Crippen LogP contribution in [0.1, 0.15) is 5.56 Å². The van der Waals surface area contributed by atoms with Crippen LogP contribution in [0.15, 0.2) is 237 Å². The molecule has 9 aromatic carbocycles. The second-order valence-corrected chi connectivity index (χ2v) is 17.1. The average Bonchev–Trinajstić information content (AvgIpc) is 4.06. The number of thiol groups is 1. The third-order valence-electron chi connectivity index (χ3n) is 13.2. The summed E-state index contributed by atoms with van der Waals surface area (Å²) < 4.78 is 19.3. The van der Waals surface area contributed by atoms with E-state index in [1.54, 1.807) is 0 Å². The minimum absolute atomic E-state index is 0.286. The highest BCUT2D eigenvalue weighted by atomic mass is 32.1. The lowest BCUT2D eigenvalue weighted by molar-refractivity contribution is 0.668. The van der Waals surface area contributed by atoms with E-state index in [-0.39, 0.29) is 5.71 Å². The average molecular weight is 879 g/mol. The number of furan rings is 2. The van der Waals surface area contributed by atoms with E-state index in [9.17, 15) is 5.41 Å². The van der Waals surface area contributed by atoms with E-state index in [2.05, 4.69) is 203 Å². The Balaban J connectivity index is 0.884. The van der Waals surface area contributed by atoms with Crippen LogP contribution in [0.3, 0.4) is 0 Å². The van der Waals surface area contributed by atoms with Gasteiger partial charge < -0.3 is 18.3 Å². The Hall–Kier alpha value is -8.65. The van der Waals surface area contributed by atoms with Crippen LogP contribution in [0, 0.1) is 5.41 Å². The summed E-state index contributed by atoms with van der Waals surface area (Å²) in [7, 11) is 0. The van der Waals surface area contributed by atoms with Gasteiger partial charge in [-0.2, -0.15) is 0 Å². The number of anilines is 2. The number of aromatic nitrogens is 1. The van der Waals surface area contributed by atoms with Crippen molar-refractivity contribution in [2.24, 2.45) is 4.40 Å². The van der Waals surface area contributed by atoms with E-state index < -0.39 is 0 Å². The highest BCUT2D eigenvalue weighted by Crippen LogP contribution is 2.40. The summed E-state index contributed by atoms with van der Waals surface area (Å²) in [4.78, 5) is 2.15. The summed E-state index contributed by atoms with van der Waals surface area (Å²) in [6.45, 7) is 0. The predicted molar refractivity (Wildman–Crippen MR) is 281 cm³/mol. The van der Waals surface area contributed by atoms with Crippen molar-refractivity contribution >= 4 is 107 Å². The first kappa shape index (κ1) is 38.8. The van der Waals surface area contributed by atoms with Crippen molar-refractivity contribution in [2.75, 3.05) is 4.90 Å². The van der Waals surface area contributed by atoms with Crippen molar-refractivity contribution in [3.8, 4) is 27.9 Å². The molecule has 3 heterocycles. The molecule has 0 saturated carbocycles. The van der Waals surface area contributed by atoms with Crippen LogP contribution in [0.4, 0.5) is 11.4 Å². The van der Waals surface area contributed by atoms with Crippen molar-refractivity contribution in [3.63, 3.8) is 0 Å². The molecule has 0 bridgehead atoms. The van der Waals surface area contributed by atoms with Gasteiger partial charge in [-0.3, -0.25) is 5.41 Å². The molecule has 3 aromatic heterocycles. The number of benzene rings is 9. The van der Waals surface area contributed by atoms with Gasteiger partial charge in [0.15, 0.2) is 0 Å². The van der Waals surface area contributed by atoms with Crippen molar-refractivity contribution in [1.82, 2.24) is 4.57 Å². The van der Waals surface area contributed by atoms with Gasteiger partial charge in [-0.1, -0.05) is 121 Å². The van der Waals surface area contributed by atoms with Crippen LogP contribution in [-0.4, -0.2) is 16.0 Å². The fourth-order valence-corrected chi connectivity index (χ4v) is 10.1. The Kier molecular flexibility index (Phi) is 8.98. The summed E-state index contributed by atoms with van der Waals surface area (Å²) in [5, 5.41) is 16.5. The number of para-hydroxylation sites is 4. The van der Waals surface area contributed by atoms with Gasteiger partial charge >= 0.3 is 0 Å². The fraction of sp³-hybridized carbons (Fsp3) is 0. The summed E-state index contributed by atoms with van der Waals surface area (Å²) in [5.41, 5.74) is 16.0. The molecule has 1 aliphatic carbocycles. The van der Waals surface area contributed by atoms with Crippen LogP contribution in [0.5, 0.6) is 0 Å². The molecule has 0 spiro atoms. The number of fused-ring (bicyclic) bond motifs is 9. The maximum Gasteiger partial charge on any atom is 0.136 e. The van der Waals surface area contributed by atoms with Crippen LogP contribution >= 0.6 is 12.8 Å². The molecule has 0 atom stereocenters. The number of nitrogens with zero attached hydrogens (tertiary/aromatic N) is 3. The molecule has 0 amide bonds. The first-order chi connectivity index (χ1) is 33.1. The minimum atomic E-state index is 0.286. The maximum absolute atomic E-state index is 9.66. The summed E-state index contributed by atoms with van der Waals surface area (Å²) >= 11 is 4.54. The van der Waals surface area contributed by atoms with E-state index >= 15 is 0 Å². The van der Waals surface area contributed by atoms with Gasteiger partial charge in [0.25, 0.3) is 0 Å². The smallest absolute Gasteiger partial charge is 0.136 e. The Labute approximate surface area is 390 Å². The topological polar surface area (TPSA) is 70.7 Å². The molecular formula is C60H38N4O2S. The molecule has 0 radical (unpaired) electrons. The van der Waals surface area contributed by atoms with E-state index in [1.165, 1.54) is 10.8 Å². The van der Waals surface area contributed by atoms with Crippen LogP contribution in [0.25, 0.3) is 99.2 Å². The van der Waals surface area contributed by atoms with E-state index in [1.807, 2.05) is 42.5 Å². The van der Waals surface area contributed by atoms with Crippen molar-refractivity contribution in [1.29, 1.82) is 5.41 Å². The van der Waals surface area contributed by atoms with Crippen LogP contribution in [0.2, 0.25) is 0 Å². The molecule has 67 heavy (non-hydrogen) atoms. The number of rotatable bonds is 7. The molecule has 316 valence electrons. The molecule has 0 unspecified atom stereocenters. The van der Waals surface area contributed by atoms with Gasteiger partial charge in [-0.05, 0) is 138 Å². The molecule has 12 aromatic rings. The van der Waals surface area contributed by atoms with Crippen LogP contribution < -0.4 is 4.90 Å². The van der Waals surface area contributed by atoms with Crippen molar-refractivity contribution < 1.29 is 8.83 Å². The third kappa shape index (κ3) is 6.35. The zero-order valence-electron chi connectivity index (χ0n) is 35.9. The Morgan fingerprint density at radius 2 is 0.851 bits per heavy atom. The lowest BCUT2D eigenvalue weighted by atomic mass is 9.91. The zero-order chi connectivity index (χ0) is 44.6. The molecule has 6 nitrogen and oxygen atoms in total. The predicted octanol–water partition coefficient (Wildman–Crippen LogP) is 16.3. The zero-order valence-corrected chi connectivity index (χ0v) is 36.8. The van der Waals surface area contributed by atoms with E-state index in [0.717, 1.165) is 111 Å². The lowest BCUT2D eigenvalue weighted by Crippen LogP contribution is -2.30. The molecule has 7 heteroatoms. The second-order valence-electron chi connectivity index (χ2n) is 16.9. The third-order valence-corrected chi connectivity index (χ3v) is 13.4. The van der Waals surface area contributed by atoms with Crippen LogP contribution in [-0.2, 0) is 0 Å². The highest BCUT2D eigenvalue weighted by molar-refractivity contribution is 7.79. The minimum Gasteiger partial charge on any atom is -0.456 e.